The lowest BCUT2D eigenvalue weighted by Gasteiger charge is -2.11. The number of aromatic nitrogens is 2. The van der Waals surface area contributed by atoms with Gasteiger partial charge in [-0.05, 0) is 37.5 Å². The Hall–Kier alpha value is -2.30. The van der Waals surface area contributed by atoms with Crippen LogP contribution in [0.2, 0.25) is 0 Å². The summed E-state index contributed by atoms with van der Waals surface area (Å²) < 4.78 is 5.12. The topological polar surface area (TPSA) is 67.0 Å². The van der Waals surface area contributed by atoms with Crippen LogP contribution in [0.1, 0.15) is 42.9 Å². The van der Waals surface area contributed by atoms with E-state index in [1.54, 1.807) is 7.11 Å². The van der Waals surface area contributed by atoms with Crippen LogP contribution in [0, 0.1) is 0 Å². The molecule has 1 heterocycles. The third-order valence-electron chi connectivity index (χ3n) is 3.88. The monoisotopic (exact) mass is 285 g/mol. The lowest BCUT2D eigenvalue weighted by atomic mass is 10.0. The molecule has 0 radical (unpaired) electrons. The number of hydrogen-bond acceptors (Lipinski definition) is 3. The molecule has 1 amide bonds. The predicted octanol–water partition coefficient (Wildman–Crippen LogP) is 3.04. The maximum Gasteiger partial charge on any atom is 0.232 e. The van der Waals surface area contributed by atoms with Crippen LogP contribution in [0.15, 0.2) is 30.3 Å². The molecule has 1 aliphatic carbocycles. The van der Waals surface area contributed by atoms with Gasteiger partial charge in [0.15, 0.2) is 5.82 Å². The lowest BCUT2D eigenvalue weighted by molar-refractivity contribution is -0.117. The molecule has 0 spiro atoms. The number of ether oxygens (including phenoxy) is 1. The van der Waals surface area contributed by atoms with Crippen molar-refractivity contribution in [2.24, 2.45) is 0 Å². The summed E-state index contributed by atoms with van der Waals surface area (Å²) in [4.78, 5) is 12.3. The number of carbonyl (C=O) groups is 1. The zero-order valence-corrected chi connectivity index (χ0v) is 12.2. The molecule has 1 aliphatic rings. The number of nitrogens with one attached hydrogen (secondary N) is 2. The maximum absolute atomic E-state index is 12.3. The summed E-state index contributed by atoms with van der Waals surface area (Å²) in [5.74, 6) is 1.68. The van der Waals surface area contributed by atoms with Gasteiger partial charge in [-0.2, -0.15) is 5.10 Å². The number of H-pyrrole nitrogens is 1. The summed E-state index contributed by atoms with van der Waals surface area (Å²) in [5, 5.41) is 9.99. The Morgan fingerprint density at radius 3 is 2.71 bits per heavy atom. The zero-order chi connectivity index (χ0) is 14.8. The summed E-state index contributed by atoms with van der Waals surface area (Å²) in [6.07, 6.45) is 2.41. The molecule has 0 saturated heterocycles. The highest BCUT2D eigenvalue weighted by Gasteiger charge is 2.26. The second kappa shape index (κ2) is 5.60. The smallest absolute Gasteiger partial charge is 0.232 e. The number of carbonyl (C=O) groups excluding carboxylic acids is 1. The maximum atomic E-state index is 12.3. The molecule has 2 aromatic rings. The van der Waals surface area contributed by atoms with Gasteiger partial charge in [0.05, 0.1) is 13.0 Å². The Morgan fingerprint density at radius 2 is 2.10 bits per heavy atom. The van der Waals surface area contributed by atoms with Gasteiger partial charge >= 0.3 is 0 Å². The van der Waals surface area contributed by atoms with Gasteiger partial charge in [-0.1, -0.05) is 12.1 Å². The molecule has 1 aromatic carbocycles. The molecule has 0 aliphatic heterocycles. The second-order valence-corrected chi connectivity index (χ2v) is 5.47. The first-order valence-corrected chi connectivity index (χ1v) is 7.17. The van der Waals surface area contributed by atoms with E-state index in [0.717, 1.165) is 17.0 Å². The van der Waals surface area contributed by atoms with E-state index in [4.69, 9.17) is 4.74 Å². The number of rotatable bonds is 5. The van der Waals surface area contributed by atoms with Crippen molar-refractivity contribution < 1.29 is 9.53 Å². The van der Waals surface area contributed by atoms with E-state index in [2.05, 4.69) is 15.5 Å². The minimum atomic E-state index is -0.239. The van der Waals surface area contributed by atoms with Gasteiger partial charge in [-0.25, -0.2) is 0 Å². The van der Waals surface area contributed by atoms with Crippen LogP contribution in [-0.2, 0) is 4.79 Å². The van der Waals surface area contributed by atoms with E-state index in [1.165, 1.54) is 12.8 Å². The first-order valence-electron chi connectivity index (χ1n) is 7.17. The third kappa shape index (κ3) is 3.07. The number of benzene rings is 1. The molecule has 5 nitrogen and oxygen atoms in total. The molecular weight excluding hydrogens is 266 g/mol. The standard InChI is InChI=1S/C16H19N3O2/c1-10(11-5-7-13(21-2)8-6-11)16(20)17-15-9-14(18-19-15)12-3-4-12/h5-10,12H,3-4H2,1-2H3,(H2,17,18,19,20). The molecule has 110 valence electrons. The van der Waals surface area contributed by atoms with E-state index < -0.39 is 0 Å². The van der Waals surface area contributed by atoms with E-state index in [0.29, 0.717) is 11.7 Å². The zero-order valence-electron chi connectivity index (χ0n) is 12.2. The molecule has 1 fully saturated rings. The molecule has 1 aromatic heterocycles. The van der Waals surface area contributed by atoms with E-state index >= 15 is 0 Å². The van der Waals surface area contributed by atoms with Crippen molar-refractivity contribution in [3.8, 4) is 5.75 Å². The van der Waals surface area contributed by atoms with Gasteiger partial charge in [0.2, 0.25) is 5.91 Å². The number of hydrogen-bond donors (Lipinski definition) is 2. The van der Waals surface area contributed by atoms with Crippen LogP contribution in [0.25, 0.3) is 0 Å². The fourth-order valence-corrected chi connectivity index (χ4v) is 2.28. The van der Waals surface area contributed by atoms with Gasteiger partial charge in [0.25, 0.3) is 0 Å². The largest absolute Gasteiger partial charge is 0.497 e. The third-order valence-corrected chi connectivity index (χ3v) is 3.88. The highest BCUT2D eigenvalue weighted by Crippen LogP contribution is 2.39. The second-order valence-electron chi connectivity index (χ2n) is 5.47. The molecular formula is C16H19N3O2. The van der Waals surface area contributed by atoms with Crippen LogP contribution in [0.5, 0.6) is 5.75 Å². The summed E-state index contributed by atoms with van der Waals surface area (Å²) in [6, 6.07) is 9.46. The summed E-state index contributed by atoms with van der Waals surface area (Å²) in [6.45, 7) is 1.88. The average molecular weight is 285 g/mol. The fraction of sp³-hybridized carbons (Fsp3) is 0.375. The van der Waals surface area contributed by atoms with E-state index in [9.17, 15) is 4.79 Å². The Labute approximate surface area is 123 Å². The van der Waals surface area contributed by atoms with E-state index in [1.807, 2.05) is 37.3 Å². The molecule has 21 heavy (non-hydrogen) atoms. The van der Waals surface area contributed by atoms with Gasteiger partial charge in [-0.15, -0.1) is 0 Å². The van der Waals surface area contributed by atoms with Crippen molar-refractivity contribution in [3.63, 3.8) is 0 Å². The fourth-order valence-electron chi connectivity index (χ4n) is 2.28. The van der Waals surface area contributed by atoms with Gasteiger partial charge in [-0.3, -0.25) is 9.89 Å². The predicted molar refractivity (Wildman–Crippen MR) is 80.6 cm³/mol. The average Bonchev–Trinajstić information content (AvgIpc) is 3.27. The summed E-state index contributed by atoms with van der Waals surface area (Å²) >= 11 is 0. The van der Waals surface area contributed by atoms with Crippen LogP contribution in [-0.4, -0.2) is 23.2 Å². The first kappa shape index (κ1) is 13.7. The van der Waals surface area contributed by atoms with Gasteiger partial charge in [0, 0.05) is 17.7 Å². The van der Waals surface area contributed by atoms with Crippen LogP contribution in [0.4, 0.5) is 5.82 Å². The van der Waals surface area contributed by atoms with Crippen molar-refractivity contribution in [1.82, 2.24) is 10.2 Å². The van der Waals surface area contributed by atoms with Crippen LogP contribution in [0.3, 0.4) is 0 Å². The van der Waals surface area contributed by atoms with Crippen molar-refractivity contribution in [1.29, 1.82) is 0 Å². The quantitative estimate of drug-likeness (QED) is 0.887. The highest BCUT2D eigenvalue weighted by atomic mass is 16.5. The van der Waals surface area contributed by atoms with Gasteiger partial charge in [0.1, 0.15) is 5.75 Å². The number of anilines is 1. The Kier molecular flexibility index (Phi) is 3.64. The van der Waals surface area contributed by atoms with E-state index in [-0.39, 0.29) is 11.8 Å². The molecule has 3 rings (SSSR count). The van der Waals surface area contributed by atoms with Gasteiger partial charge < -0.3 is 10.1 Å². The molecule has 1 saturated carbocycles. The minimum absolute atomic E-state index is 0.0611. The molecule has 5 heteroatoms. The summed E-state index contributed by atoms with van der Waals surface area (Å²) in [7, 11) is 1.63. The molecule has 1 atom stereocenters. The molecule has 1 unspecified atom stereocenters. The number of aromatic amines is 1. The SMILES string of the molecule is COc1ccc(C(C)C(=O)Nc2cc(C3CC3)[nH]n2)cc1. The van der Waals surface area contributed by atoms with Crippen molar-refractivity contribution in [3.05, 3.63) is 41.6 Å². The van der Waals surface area contributed by atoms with Crippen molar-refractivity contribution >= 4 is 11.7 Å². The molecule has 2 N–H and O–H groups in total. The number of nitrogens with zero attached hydrogens (tertiary/aromatic N) is 1. The summed E-state index contributed by atoms with van der Waals surface area (Å²) in [5.41, 5.74) is 2.06. The van der Waals surface area contributed by atoms with Crippen LogP contribution < -0.4 is 10.1 Å². The van der Waals surface area contributed by atoms with Crippen LogP contribution >= 0.6 is 0 Å². The van der Waals surface area contributed by atoms with Crippen molar-refractivity contribution in [2.45, 2.75) is 31.6 Å². The molecule has 0 bridgehead atoms. The Balaban J connectivity index is 1.65. The Bertz CT molecular complexity index is 629. The number of methoxy groups -OCH3 is 1. The lowest BCUT2D eigenvalue weighted by Crippen LogP contribution is -2.19. The normalized spacial score (nSPS) is 15.5. The van der Waals surface area contributed by atoms with Crippen molar-refractivity contribution in [2.75, 3.05) is 12.4 Å². The highest BCUT2D eigenvalue weighted by molar-refractivity contribution is 5.94. The first-order chi connectivity index (χ1) is 10.2. The number of amides is 1. The Morgan fingerprint density at radius 1 is 1.38 bits per heavy atom. The minimum Gasteiger partial charge on any atom is -0.497 e.